The lowest BCUT2D eigenvalue weighted by Crippen LogP contribution is -2.24. The summed E-state index contributed by atoms with van der Waals surface area (Å²) in [6, 6.07) is 6.15. The lowest BCUT2D eigenvalue weighted by Gasteiger charge is -2.25. The molecule has 1 unspecified atom stereocenters. The lowest BCUT2D eigenvalue weighted by atomic mass is 9.90. The Morgan fingerprint density at radius 2 is 1.95 bits per heavy atom. The number of nitrogens with one attached hydrogen (secondary N) is 1. The Labute approximate surface area is 138 Å². The highest BCUT2D eigenvalue weighted by Crippen LogP contribution is 2.35. The molecule has 0 aromatic heterocycles. The van der Waals surface area contributed by atoms with E-state index < -0.39 is 0 Å². The second kappa shape index (κ2) is 8.82. The van der Waals surface area contributed by atoms with E-state index in [1.807, 2.05) is 12.1 Å². The van der Waals surface area contributed by atoms with Crippen LogP contribution in [0.2, 0.25) is 10.0 Å². The summed E-state index contributed by atoms with van der Waals surface area (Å²) in [6.07, 6.45) is 11.1. The van der Waals surface area contributed by atoms with Crippen LogP contribution in [0.1, 0.15) is 63.5 Å². The van der Waals surface area contributed by atoms with Gasteiger partial charge in [-0.2, -0.15) is 0 Å². The molecule has 1 nitrogen and oxygen atoms in total. The monoisotopic (exact) mass is 325 g/mol. The van der Waals surface area contributed by atoms with Crippen molar-refractivity contribution in [1.29, 1.82) is 0 Å². The molecule has 1 aromatic carbocycles. The first-order chi connectivity index (χ1) is 10.2. The molecule has 2 rings (SSSR count). The quantitative estimate of drug-likeness (QED) is 0.625. The first-order valence-corrected chi connectivity index (χ1v) is 8.86. The molecule has 1 atom stereocenters. The van der Waals surface area contributed by atoms with Gasteiger partial charge in [-0.1, -0.05) is 66.7 Å². The first-order valence-electron chi connectivity index (χ1n) is 8.10. The van der Waals surface area contributed by atoms with Gasteiger partial charge in [0.1, 0.15) is 0 Å². The minimum Gasteiger partial charge on any atom is -0.306 e. The van der Waals surface area contributed by atoms with E-state index >= 15 is 0 Å². The Kier molecular flexibility index (Phi) is 7.09. The van der Waals surface area contributed by atoms with Crippen molar-refractivity contribution in [3.63, 3.8) is 0 Å². The Hall–Kier alpha value is -0.500. The van der Waals surface area contributed by atoms with E-state index in [9.17, 15) is 0 Å². The average Bonchev–Trinajstić information content (AvgIpc) is 2.44. The number of halogens is 2. The summed E-state index contributed by atoms with van der Waals surface area (Å²) >= 11 is 12.7. The van der Waals surface area contributed by atoms with Gasteiger partial charge in [-0.3, -0.25) is 0 Å². The molecular weight excluding hydrogens is 301 g/mol. The van der Waals surface area contributed by atoms with E-state index in [0.29, 0.717) is 10.0 Å². The number of allylic oxidation sites excluding steroid dienone is 1. The molecule has 1 aromatic rings. The normalized spacial score (nSPS) is 20.2. The largest absolute Gasteiger partial charge is 0.306 e. The number of rotatable bonds is 5. The van der Waals surface area contributed by atoms with Crippen LogP contribution >= 0.6 is 23.2 Å². The van der Waals surface area contributed by atoms with Gasteiger partial charge < -0.3 is 5.32 Å². The summed E-state index contributed by atoms with van der Waals surface area (Å²) in [4.78, 5) is 0. The van der Waals surface area contributed by atoms with Crippen molar-refractivity contribution in [2.24, 2.45) is 0 Å². The van der Waals surface area contributed by atoms with Gasteiger partial charge in [-0.05, 0) is 50.3 Å². The fraction of sp³-hybridized carbons (Fsp3) is 0.556. The van der Waals surface area contributed by atoms with Gasteiger partial charge in [0.2, 0.25) is 0 Å². The molecule has 0 saturated heterocycles. The van der Waals surface area contributed by atoms with Crippen LogP contribution < -0.4 is 5.32 Å². The average molecular weight is 326 g/mol. The van der Waals surface area contributed by atoms with Crippen molar-refractivity contribution in [1.82, 2.24) is 5.32 Å². The van der Waals surface area contributed by atoms with Crippen LogP contribution in [-0.2, 0) is 0 Å². The fourth-order valence-electron chi connectivity index (χ4n) is 2.95. The maximum atomic E-state index is 6.46. The van der Waals surface area contributed by atoms with Gasteiger partial charge in [0.25, 0.3) is 0 Å². The van der Waals surface area contributed by atoms with Crippen LogP contribution in [0, 0.1) is 0 Å². The predicted molar refractivity (Wildman–Crippen MR) is 93.3 cm³/mol. The topological polar surface area (TPSA) is 12.0 Å². The van der Waals surface area contributed by atoms with Gasteiger partial charge in [0.15, 0.2) is 0 Å². The zero-order valence-electron chi connectivity index (χ0n) is 12.8. The molecule has 0 spiro atoms. The van der Waals surface area contributed by atoms with E-state index in [0.717, 1.165) is 24.9 Å². The molecule has 1 aliphatic rings. The Morgan fingerprint density at radius 3 is 2.76 bits per heavy atom. The van der Waals surface area contributed by atoms with E-state index in [1.54, 1.807) is 0 Å². The van der Waals surface area contributed by atoms with Crippen molar-refractivity contribution in [3.8, 4) is 0 Å². The molecule has 21 heavy (non-hydrogen) atoms. The van der Waals surface area contributed by atoms with Crippen LogP contribution in [-0.4, -0.2) is 6.54 Å². The van der Waals surface area contributed by atoms with Crippen molar-refractivity contribution in [3.05, 3.63) is 45.5 Å². The Balaban J connectivity index is 2.30. The highest BCUT2D eigenvalue weighted by atomic mass is 35.5. The third-order valence-corrected chi connectivity index (χ3v) is 4.92. The molecule has 0 radical (unpaired) electrons. The third-order valence-electron chi connectivity index (χ3n) is 4.09. The smallest absolute Gasteiger partial charge is 0.0643 e. The van der Waals surface area contributed by atoms with Crippen LogP contribution in [0.4, 0.5) is 0 Å². The van der Waals surface area contributed by atoms with Crippen LogP contribution in [0.25, 0.3) is 0 Å². The summed E-state index contributed by atoms with van der Waals surface area (Å²) in [7, 11) is 0. The third kappa shape index (κ3) is 4.74. The van der Waals surface area contributed by atoms with Crippen molar-refractivity contribution >= 4 is 23.2 Å². The van der Waals surface area contributed by atoms with Gasteiger partial charge in [0.05, 0.1) is 16.1 Å². The zero-order chi connectivity index (χ0) is 15.1. The number of benzene rings is 1. The van der Waals surface area contributed by atoms with Crippen LogP contribution in [0.3, 0.4) is 0 Å². The van der Waals surface area contributed by atoms with Crippen molar-refractivity contribution < 1.29 is 0 Å². The molecule has 0 amide bonds. The standard InChI is InChI=1S/C18H25Cl2N/c1-2-13-21-18(14-9-6-4-3-5-7-10-14)15-11-8-12-16(19)17(15)20/h8-9,11-12,18,21H,2-7,10,13H2,1H3/b14-9+. The van der Waals surface area contributed by atoms with Crippen LogP contribution in [0.15, 0.2) is 29.8 Å². The Morgan fingerprint density at radius 1 is 1.14 bits per heavy atom. The minimum absolute atomic E-state index is 0.203. The summed E-state index contributed by atoms with van der Waals surface area (Å²) in [5, 5.41) is 4.99. The van der Waals surface area contributed by atoms with E-state index in [4.69, 9.17) is 23.2 Å². The molecule has 0 bridgehead atoms. The minimum atomic E-state index is 0.203. The molecule has 1 N–H and O–H groups in total. The Bertz CT molecular complexity index is 482. The highest BCUT2D eigenvalue weighted by Gasteiger charge is 2.20. The van der Waals surface area contributed by atoms with Crippen molar-refractivity contribution in [2.45, 2.75) is 57.9 Å². The first kappa shape index (κ1) is 16.9. The molecule has 0 saturated carbocycles. The predicted octanol–water partition coefficient (Wildman–Crippen LogP) is 6.31. The summed E-state index contributed by atoms with van der Waals surface area (Å²) in [5.74, 6) is 0. The maximum Gasteiger partial charge on any atom is 0.0643 e. The highest BCUT2D eigenvalue weighted by molar-refractivity contribution is 6.42. The molecule has 3 heteroatoms. The second-order valence-corrected chi connectivity index (χ2v) is 6.55. The second-order valence-electron chi connectivity index (χ2n) is 5.76. The molecular formula is C18H25Cl2N. The summed E-state index contributed by atoms with van der Waals surface area (Å²) in [5.41, 5.74) is 2.59. The molecule has 0 fully saturated rings. The van der Waals surface area contributed by atoms with Gasteiger partial charge in [0, 0.05) is 0 Å². The number of hydrogen-bond donors (Lipinski definition) is 1. The molecule has 116 valence electrons. The van der Waals surface area contributed by atoms with E-state index in [-0.39, 0.29) is 6.04 Å². The van der Waals surface area contributed by atoms with Gasteiger partial charge >= 0.3 is 0 Å². The molecule has 0 heterocycles. The zero-order valence-corrected chi connectivity index (χ0v) is 14.3. The molecule has 0 aliphatic heterocycles. The van der Waals surface area contributed by atoms with E-state index in [2.05, 4.69) is 24.4 Å². The number of hydrogen-bond acceptors (Lipinski definition) is 1. The fourth-order valence-corrected chi connectivity index (χ4v) is 3.37. The van der Waals surface area contributed by atoms with Gasteiger partial charge in [-0.15, -0.1) is 0 Å². The van der Waals surface area contributed by atoms with Crippen molar-refractivity contribution in [2.75, 3.05) is 6.54 Å². The molecule has 1 aliphatic carbocycles. The van der Waals surface area contributed by atoms with E-state index in [1.165, 1.54) is 37.7 Å². The van der Waals surface area contributed by atoms with Gasteiger partial charge in [-0.25, -0.2) is 0 Å². The maximum absolute atomic E-state index is 6.46. The lowest BCUT2D eigenvalue weighted by molar-refractivity contribution is 0.541. The summed E-state index contributed by atoms with van der Waals surface area (Å²) in [6.45, 7) is 3.18. The summed E-state index contributed by atoms with van der Waals surface area (Å²) < 4.78 is 0. The SMILES string of the molecule is CCCNC(/C1=C/CCCCCC1)c1cccc(Cl)c1Cl. The van der Waals surface area contributed by atoms with Crippen LogP contribution in [0.5, 0.6) is 0 Å².